The number of ether oxygens (including phenoxy) is 7. The molecule has 3 saturated heterocycles. The molecule has 4 N–H and O–H groups in total. The molecule has 3 fully saturated rings. The summed E-state index contributed by atoms with van der Waals surface area (Å²) in [6.45, 7) is 15.6. The summed E-state index contributed by atoms with van der Waals surface area (Å²) in [4.78, 5) is 59.2. The Bertz CT molecular complexity index is 2230. The number of nitrogens with zero attached hydrogens (tertiary/aromatic N) is 1. The predicted octanol–water partition coefficient (Wildman–Crippen LogP) is 6.39. The summed E-state index contributed by atoms with van der Waals surface area (Å²) < 4.78 is 40.7. The molecule has 4 heterocycles. The van der Waals surface area contributed by atoms with Crippen LogP contribution in [0.2, 0.25) is 5.02 Å². The Morgan fingerprint density at radius 3 is 2.46 bits per heavy atom. The van der Waals surface area contributed by atoms with Gasteiger partial charge in [-0.1, -0.05) is 55.8 Å². The fourth-order valence-electron chi connectivity index (χ4n) is 8.39. The summed E-state index contributed by atoms with van der Waals surface area (Å²) in [5, 5.41) is 43.7. The summed E-state index contributed by atoms with van der Waals surface area (Å²) in [6.07, 6.45) is -8.63. The molecule has 18 heteroatoms. The van der Waals surface area contributed by atoms with Crippen LogP contribution in [0.5, 0.6) is 5.75 Å². The molecule has 3 aliphatic rings. The molecule has 0 saturated carbocycles. The third-order valence-electron chi connectivity index (χ3n) is 12.5. The number of aliphatic hydroxyl groups is 4. The average molecular weight is 944 g/mol. The molecule has 354 valence electrons. The van der Waals surface area contributed by atoms with Crippen LogP contribution in [0.3, 0.4) is 0 Å². The van der Waals surface area contributed by atoms with Crippen molar-refractivity contribution in [1.82, 2.24) is 4.98 Å². The fourth-order valence-corrected chi connectivity index (χ4v) is 9.44. The molecule has 0 amide bonds. The second-order valence-electron chi connectivity index (χ2n) is 17.7. The molecule has 16 nitrogen and oxygen atoms in total. The van der Waals surface area contributed by atoms with E-state index in [1.165, 1.54) is 24.3 Å². The molecule has 0 spiro atoms. The maximum atomic E-state index is 14.5. The number of cyclic esters (lactones) is 1. The number of carbonyl (C=O) groups excluding carboxylic acids is 4. The van der Waals surface area contributed by atoms with Gasteiger partial charge in [0, 0.05) is 12.3 Å². The van der Waals surface area contributed by atoms with Gasteiger partial charge in [0.1, 0.15) is 55.3 Å². The van der Waals surface area contributed by atoms with E-state index in [9.17, 15) is 39.6 Å². The highest BCUT2D eigenvalue weighted by atomic mass is 35.5. The van der Waals surface area contributed by atoms with Crippen LogP contribution < -0.4 is 4.74 Å². The number of hydrogen-bond acceptors (Lipinski definition) is 17. The Morgan fingerprint density at radius 1 is 1.00 bits per heavy atom. The molecule has 0 aliphatic carbocycles. The predicted molar refractivity (Wildman–Crippen MR) is 237 cm³/mol. The molecular formula is C47H58ClNO15S. The van der Waals surface area contributed by atoms with Crippen LogP contribution in [-0.4, -0.2) is 111 Å². The SMILES string of the molecule is C=CCOC(=O)[C@H]1O[C@@H](Oc2ccc(COC(=O)O[C@H]3CC(=O)O[C@H](c4ccc5sc(C)nc5c4)C[C@@H]4O[C@]4(C)CCC[C@H](C)[C@H](O)[C@@H](CC=C)C(=O)C3(C)C)cc2Cl)[C@H](O)[C@@H](O)[C@@H]1O. The molecular weight excluding hydrogens is 886 g/mol. The summed E-state index contributed by atoms with van der Waals surface area (Å²) in [6, 6.07) is 9.92. The number of halogens is 1. The first kappa shape index (κ1) is 50.0. The third kappa shape index (κ3) is 11.7. The second kappa shape index (κ2) is 21.0. The Labute approximate surface area is 386 Å². The molecule has 3 aliphatic heterocycles. The zero-order valence-electron chi connectivity index (χ0n) is 37.1. The van der Waals surface area contributed by atoms with Gasteiger partial charge in [0.25, 0.3) is 0 Å². The second-order valence-corrected chi connectivity index (χ2v) is 19.4. The summed E-state index contributed by atoms with van der Waals surface area (Å²) in [5.74, 6) is -3.48. The van der Waals surface area contributed by atoms with Crippen molar-refractivity contribution in [2.75, 3.05) is 6.61 Å². The Hall–Kier alpha value is -4.46. The zero-order valence-corrected chi connectivity index (χ0v) is 38.6. The number of aryl methyl sites for hydroxylation is 1. The average Bonchev–Trinajstić information content (AvgIpc) is 3.73. The van der Waals surface area contributed by atoms with E-state index in [0.717, 1.165) is 21.6 Å². The summed E-state index contributed by atoms with van der Waals surface area (Å²) in [7, 11) is 0. The van der Waals surface area contributed by atoms with E-state index in [1.807, 2.05) is 39.0 Å². The topological polar surface area (TPSA) is 230 Å². The van der Waals surface area contributed by atoms with Crippen LogP contribution in [-0.2, 0) is 49.4 Å². The van der Waals surface area contributed by atoms with E-state index >= 15 is 0 Å². The van der Waals surface area contributed by atoms with Gasteiger partial charge in [-0.15, -0.1) is 17.9 Å². The van der Waals surface area contributed by atoms with Crippen molar-refractivity contribution in [2.24, 2.45) is 17.3 Å². The number of aromatic nitrogens is 1. The number of thiazole rings is 1. The standard InChI is InChI=1S/C47H58ClNO15S/c1-8-11-28-37(51)24(3)12-10-17-47(7)35(64-47)21-32(27-14-16-33-30(20-27)49-25(4)65-33)60-36(50)22-34(46(5,6)42(28)55)62-45(57)59-23-26-13-15-31(29(48)19-26)61-44-40(54)38(52)39(53)41(63-44)43(56)58-18-9-2/h8-9,13-16,19-20,24,28,32,34-35,37-41,44,51-54H,1-2,10-12,17-18,21-23H2,3-7H3/t24-,28+,32-,34-,35-,37-,38-,39-,40+,41-,44+,47+/m0/s1. The van der Waals surface area contributed by atoms with E-state index in [-0.39, 0.29) is 35.8 Å². The number of ketones is 1. The number of Topliss-reactive ketones (excluding diaryl/α,β-unsaturated/α-hetero) is 1. The van der Waals surface area contributed by atoms with Gasteiger partial charge >= 0.3 is 18.1 Å². The number of epoxide rings is 1. The summed E-state index contributed by atoms with van der Waals surface area (Å²) >= 11 is 8.04. The Balaban J connectivity index is 1.20. The third-order valence-corrected chi connectivity index (χ3v) is 13.7. The molecule has 65 heavy (non-hydrogen) atoms. The number of hydrogen-bond donors (Lipinski definition) is 4. The fraction of sp³-hybridized carbons (Fsp3) is 0.553. The first-order chi connectivity index (χ1) is 30.8. The van der Waals surface area contributed by atoms with Gasteiger partial charge in [0.05, 0.1) is 49.9 Å². The smallest absolute Gasteiger partial charge is 0.460 e. The number of esters is 2. The lowest BCUT2D eigenvalue weighted by molar-refractivity contribution is -0.272. The minimum absolute atomic E-state index is 0.0507. The number of allylic oxidation sites excluding steroid dienone is 1. The lowest BCUT2D eigenvalue weighted by Crippen LogP contribution is -2.61. The van der Waals surface area contributed by atoms with Crippen molar-refractivity contribution < 1.29 is 72.8 Å². The van der Waals surface area contributed by atoms with E-state index in [2.05, 4.69) is 18.1 Å². The van der Waals surface area contributed by atoms with Crippen molar-refractivity contribution in [3.8, 4) is 5.75 Å². The molecule has 1 aromatic heterocycles. The van der Waals surface area contributed by atoms with E-state index in [0.29, 0.717) is 30.4 Å². The van der Waals surface area contributed by atoms with Crippen molar-refractivity contribution in [3.63, 3.8) is 0 Å². The van der Waals surface area contributed by atoms with E-state index < -0.39 is 103 Å². The molecule has 12 atom stereocenters. The van der Waals surface area contributed by atoms with Crippen molar-refractivity contribution >= 4 is 57.0 Å². The Kier molecular flexibility index (Phi) is 16.2. The van der Waals surface area contributed by atoms with Gasteiger partial charge in [-0.05, 0) is 88.3 Å². The monoisotopic (exact) mass is 943 g/mol. The van der Waals surface area contributed by atoms with Crippen LogP contribution in [0.1, 0.15) is 88.5 Å². The number of aliphatic hydroxyl groups excluding tert-OH is 4. The lowest BCUT2D eigenvalue weighted by Gasteiger charge is -2.39. The largest absolute Gasteiger partial charge is 0.508 e. The maximum Gasteiger partial charge on any atom is 0.508 e. The van der Waals surface area contributed by atoms with Gasteiger partial charge in [-0.3, -0.25) is 9.59 Å². The number of carbonyl (C=O) groups is 4. The van der Waals surface area contributed by atoms with Crippen molar-refractivity contribution in [2.45, 2.75) is 140 Å². The normalized spacial score (nSPS) is 32.1. The molecule has 0 radical (unpaired) electrons. The van der Waals surface area contributed by atoms with Gasteiger partial charge in [-0.25, -0.2) is 14.6 Å². The molecule has 0 bridgehead atoms. The Morgan fingerprint density at radius 2 is 1.75 bits per heavy atom. The molecule has 2 aromatic carbocycles. The van der Waals surface area contributed by atoms with Gasteiger partial charge < -0.3 is 53.6 Å². The maximum absolute atomic E-state index is 14.5. The van der Waals surface area contributed by atoms with E-state index in [4.69, 9.17) is 44.8 Å². The van der Waals surface area contributed by atoms with Crippen LogP contribution in [0, 0.1) is 24.2 Å². The number of fused-ring (bicyclic) bond motifs is 2. The number of rotatable bonds is 11. The van der Waals surface area contributed by atoms with Gasteiger partial charge in [0.2, 0.25) is 6.29 Å². The van der Waals surface area contributed by atoms with Crippen LogP contribution in [0.15, 0.2) is 61.7 Å². The molecule has 0 unspecified atom stereocenters. The quantitative estimate of drug-likeness (QED) is 0.0707. The van der Waals surface area contributed by atoms with Crippen LogP contribution >= 0.6 is 22.9 Å². The first-order valence-electron chi connectivity index (χ1n) is 21.6. The van der Waals surface area contributed by atoms with Crippen LogP contribution in [0.25, 0.3) is 10.2 Å². The minimum Gasteiger partial charge on any atom is -0.460 e. The lowest BCUT2D eigenvalue weighted by atomic mass is 9.71. The highest BCUT2D eigenvalue weighted by Crippen LogP contribution is 2.47. The molecule has 6 rings (SSSR count). The highest BCUT2D eigenvalue weighted by molar-refractivity contribution is 7.18. The summed E-state index contributed by atoms with van der Waals surface area (Å²) in [5.41, 5.74) is -0.195. The zero-order chi connectivity index (χ0) is 47.4. The van der Waals surface area contributed by atoms with Gasteiger partial charge in [0.15, 0.2) is 6.10 Å². The first-order valence-corrected chi connectivity index (χ1v) is 22.8. The van der Waals surface area contributed by atoms with Crippen molar-refractivity contribution in [1.29, 1.82) is 0 Å². The van der Waals surface area contributed by atoms with Gasteiger partial charge in [-0.2, -0.15) is 0 Å². The molecule has 3 aromatic rings. The van der Waals surface area contributed by atoms with Crippen LogP contribution in [0.4, 0.5) is 4.79 Å². The highest BCUT2D eigenvalue weighted by Gasteiger charge is 2.54. The van der Waals surface area contributed by atoms with E-state index in [1.54, 1.807) is 31.3 Å². The minimum atomic E-state index is -1.84. The van der Waals surface area contributed by atoms with Crippen molar-refractivity contribution in [3.05, 3.63) is 82.9 Å². The number of benzene rings is 2.